The van der Waals surface area contributed by atoms with Crippen LogP contribution in [-0.2, 0) is 4.79 Å². The first-order chi connectivity index (χ1) is 10.1. The molecule has 1 unspecified atom stereocenters. The van der Waals surface area contributed by atoms with Gasteiger partial charge in [0.1, 0.15) is 12.4 Å². The van der Waals surface area contributed by atoms with Crippen LogP contribution in [0.5, 0.6) is 0 Å². The van der Waals surface area contributed by atoms with Crippen molar-refractivity contribution in [2.24, 2.45) is 0 Å². The maximum absolute atomic E-state index is 13.7. The third kappa shape index (κ3) is 4.04. The molecule has 3 N–H and O–H groups in total. The fraction of sp³-hybridized carbons (Fsp3) is 0.333. The average Bonchev–Trinajstić information content (AvgIpc) is 2.48. The minimum Gasteiger partial charge on any atom is -0.384 e. The van der Waals surface area contributed by atoms with E-state index in [1.807, 2.05) is 0 Å². The molecule has 6 heteroatoms. The van der Waals surface area contributed by atoms with Crippen LogP contribution < -0.4 is 10.6 Å². The number of hydrogen-bond donors (Lipinski definition) is 3. The van der Waals surface area contributed by atoms with E-state index in [1.165, 1.54) is 12.1 Å². The van der Waals surface area contributed by atoms with Crippen LogP contribution in [-0.4, -0.2) is 36.1 Å². The second kappa shape index (κ2) is 6.86. The molecule has 5 nitrogen and oxygen atoms in total. The minimum absolute atomic E-state index is 0.0293. The lowest BCUT2D eigenvalue weighted by Crippen LogP contribution is -2.47. The zero-order valence-corrected chi connectivity index (χ0v) is 11.3. The fourth-order valence-electron chi connectivity index (χ4n) is 2.02. The van der Waals surface area contributed by atoms with E-state index in [1.54, 1.807) is 0 Å². The molecular weight excluding hydrogens is 275 g/mol. The zero-order chi connectivity index (χ0) is 15.2. The lowest BCUT2D eigenvalue weighted by Gasteiger charge is -2.23. The van der Waals surface area contributed by atoms with Crippen LogP contribution in [0.15, 0.2) is 18.2 Å². The monoisotopic (exact) mass is 290 g/mol. The average molecular weight is 290 g/mol. The van der Waals surface area contributed by atoms with Crippen molar-refractivity contribution in [3.63, 3.8) is 0 Å². The molecule has 0 saturated carbocycles. The molecule has 1 atom stereocenters. The molecule has 1 aromatic carbocycles. The second-order valence-electron chi connectivity index (χ2n) is 4.67. The second-order valence-corrected chi connectivity index (χ2v) is 4.67. The smallest absolute Gasteiger partial charge is 0.251 e. The first-order valence-corrected chi connectivity index (χ1v) is 6.57. The van der Waals surface area contributed by atoms with Crippen LogP contribution in [0.3, 0.4) is 0 Å². The Kier molecular flexibility index (Phi) is 4.90. The van der Waals surface area contributed by atoms with E-state index >= 15 is 0 Å². The molecule has 1 aliphatic rings. The van der Waals surface area contributed by atoms with Crippen molar-refractivity contribution >= 4 is 11.8 Å². The summed E-state index contributed by atoms with van der Waals surface area (Å²) < 4.78 is 13.7. The number of aliphatic hydroxyl groups is 1. The Labute approximate surface area is 121 Å². The van der Waals surface area contributed by atoms with E-state index in [4.69, 9.17) is 5.11 Å². The highest BCUT2D eigenvalue weighted by atomic mass is 19.1. The number of piperidine rings is 1. The largest absolute Gasteiger partial charge is 0.384 e. The maximum Gasteiger partial charge on any atom is 0.251 e. The molecule has 0 aliphatic carbocycles. The third-order valence-electron chi connectivity index (χ3n) is 3.13. The molecular formula is C15H15FN2O3. The van der Waals surface area contributed by atoms with Gasteiger partial charge < -0.3 is 15.7 Å². The Hall–Kier alpha value is -2.39. The summed E-state index contributed by atoms with van der Waals surface area (Å²) in [6, 6.07) is 3.83. The first-order valence-electron chi connectivity index (χ1n) is 6.57. The van der Waals surface area contributed by atoms with Gasteiger partial charge in [-0.15, -0.1) is 0 Å². The fourth-order valence-corrected chi connectivity index (χ4v) is 2.02. The summed E-state index contributed by atoms with van der Waals surface area (Å²) in [6.45, 7) is 0.0300. The van der Waals surface area contributed by atoms with Crippen molar-refractivity contribution in [3.8, 4) is 11.8 Å². The minimum atomic E-state index is -0.611. The molecule has 110 valence electrons. The van der Waals surface area contributed by atoms with Crippen molar-refractivity contribution < 1.29 is 19.1 Å². The molecule has 2 amide bonds. The van der Waals surface area contributed by atoms with Crippen LogP contribution in [0, 0.1) is 17.7 Å². The molecule has 21 heavy (non-hydrogen) atoms. The molecule has 1 fully saturated rings. The van der Waals surface area contributed by atoms with E-state index in [2.05, 4.69) is 22.5 Å². The molecule has 1 aromatic rings. The number of rotatable bonds is 2. The van der Waals surface area contributed by atoms with Crippen molar-refractivity contribution in [2.45, 2.75) is 18.9 Å². The van der Waals surface area contributed by atoms with E-state index in [0.29, 0.717) is 19.4 Å². The number of amides is 2. The highest BCUT2D eigenvalue weighted by Crippen LogP contribution is 2.11. The lowest BCUT2D eigenvalue weighted by molar-refractivity contribution is -0.122. The van der Waals surface area contributed by atoms with Gasteiger partial charge in [0.15, 0.2) is 0 Å². The van der Waals surface area contributed by atoms with Crippen LogP contribution >= 0.6 is 0 Å². The van der Waals surface area contributed by atoms with Gasteiger partial charge in [-0.3, -0.25) is 9.59 Å². The van der Waals surface area contributed by atoms with Gasteiger partial charge in [0.2, 0.25) is 5.91 Å². The van der Waals surface area contributed by atoms with E-state index in [0.717, 1.165) is 6.07 Å². The van der Waals surface area contributed by atoms with Gasteiger partial charge in [0.05, 0.1) is 5.56 Å². The Balaban J connectivity index is 2.02. The lowest BCUT2D eigenvalue weighted by atomic mass is 10.1. The first kappa shape index (κ1) is 15.0. The molecule has 1 heterocycles. The van der Waals surface area contributed by atoms with E-state index < -0.39 is 11.7 Å². The predicted molar refractivity (Wildman–Crippen MR) is 73.9 cm³/mol. The molecule has 2 rings (SSSR count). The van der Waals surface area contributed by atoms with E-state index in [-0.39, 0.29) is 29.7 Å². The standard InChI is InChI=1S/C15H15FN2O3/c16-13-8-11(4-3-10(13)2-1-7-19)15(21)18-12-5-6-14(20)17-9-12/h3-4,8,12,19H,5-7,9H2,(H,17,20)(H,18,21). The Morgan fingerprint density at radius 3 is 2.95 bits per heavy atom. The molecule has 0 aromatic heterocycles. The highest BCUT2D eigenvalue weighted by Gasteiger charge is 2.20. The Bertz CT molecular complexity index is 609. The topological polar surface area (TPSA) is 78.4 Å². The van der Waals surface area contributed by atoms with Crippen LogP contribution in [0.1, 0.15) is 28.8 Å². The summed E-state index contributed by atoms with van der Waals surface area (Å²) in [6.07, 6.45) is 0.940. The van der Waals surface area contributed by atoms with Crippen molar-refractivity contribution in [1.82, 2.24) is 10.6 Å². The highest BCUT2D eigenvalue weighted by molar-refractivity contribution is 5.94. The SMILES string of the molecule is O=C1CCC(NC(=O)c2ccc(C#CCO)c(F)c2)CN1. The van der Waals surface area contributed by atoms with E-state index in [9.17, 15) is 14.0 Å². The maximum atomic E-state index is 13.7. The van der Waals surface area contributed by atoms with Gasteiger partial charge in [-0.25, -0.2) is 4.39 Å². The summed E-state index contributed by atoms with van der Waals surface area (Å²) >= 11 is 0. The molecule has 0 spiro atoms. The number of benzene rings is 1. The van der Waals surface area contributed by atoms with Gasteiger partial charge in [0, 0.05) is 24.6 Å². The van der Waals surface area contributed by atoms with Gasteiger partial charge >= 0.3 is 0 Å². The predicted octanol–water partition coefficient (Wildman–Crippen LogP) is 0.178. The summed E-state index contributed by atoms with van der Waals surface area (Å²) in [5, 5.41) is 14.0. The van der Waals surface area contributed by atoms with Crippen LogP contribution in [0.4, 0.5) is 4.39 Å². The Morgan fingerprint density at radius 2 is 2.33 bits per heavy atom. The normalized spacial score (nSPS) is 17.4. The third-order valence-corrected chi connectivity index (χ3v) is 3.13. The van der Waals surface area contributed by atoms with Crippen molar-refractivity contribution in [3.05, 3.63) is 35.1 Å². The summed E-state index contributed by atoms with van der Waals surface area (Å²) in [4.78, 5) is 23.0. The van der Waals surface area contributed by atoms with Gasteiger partial charge in [-0.1, -0.05) is 11.8 Å². The number of carbonyl (C=O) groups is 2. The summed E-state index contributed by atoms with van der Waals surface area (Å²) in [5.41, 5.74) is 0.324. The molecule has 0 radical (unpaired) electrons. The Morgan fingerprint density at radius 1 is 1.52 bits per heavy atom. The molecule has 1 saturated heterocycles. The van der Waals surface area contributed by atoms with Crippen LogP contribution in [0.2, 0.25) is 0 Å². The van der Waals surface area contributed by atoms with Gasteiger partial charge in [-0.2, -0.15) is 0 Å². The van der Waals surface area contributed by atoms with Crippen molar-refractivity contribution in [2.75, 3.05) is 13.2 Å². The van der Waals surface area contributed by atoms with Gasteiger partial charge in [-0.05, 0) is 24.6 Å². The van der Waals surface area contributed by atoms with Crippen molar-refractivity contribution in [1.29, 1.82) is 0 Å². The summed E-state index contributed by atoms with van der Waals surface area (Å²) in [7, 11) is 0. The molecule has 1 aliphatic heterocycles. The van der Waals surface area contributed by atoms with Crippen LogP contribution in [0.25, 0.3) is 0 Å². The van der Waals surface area contributed by atoms with Gasteiger partial charge in [0.25, 0.3) is 5.91 Å². The number of aliphatic hydroxyl groups excluding tert-OH is 1. The number of halogens is 1. The number of hydrogen-bond acceptors (Lipinski definition) is 3. The number of nitrogens with one attached hydrogen (secondary N) is 2. The number of carbonyl (C=O) groups excluding carboxylic acids is 2. The zero-order valence-electron chi connectivity index (χ0n) is 11.3. The quantitative estimate of drug-likeness (QED) is 0.680. The summed E-state index contributed by atoms with van der Waals surface area (Å²) in [5.74, 6) is 3.78. The molecule has 0 bridgehead atoms.